The largest absolute Gasteiger partial charge is 0.337 e. The molecular weight excluding hydrogens is 354 g/mol. The smallest absolute Gasteiger partial charge is 0.271 e. The zero-order valence-corrected chi connectivity index (χ0v) is 15.3. The average Bonchev–Trinajstić information content (AvgIpc) is 3.25. The number of nitrogens with one attached hydrogen (secondary N) is 2. The minimum atomic E-state index is -0.226. The predicted molar refractivity (Wildman–Crippen MR) is 106 cm³/mol. The van der Waals surface area contributed by atoms with E-state index >= 15 is 0 Å². The highest BCUT2D eigenvalue weighted by molar-refractivity contribution is 5.95. The standard InChI is InChI=1S/C21H21N5O2/c27-20(23-16-8-2-1-3-9-16)15-7-6-12-26(14-15)21(28)19-13-18(24-25-19)17-10-4-5-11-22-17/h1-5,8-11,13,15H,6-7,12,14H2,(H,23,27)(H,24,25). The Labute approximate surface area is 162 Å². The molecule has 0 saturated carbocycles. The maximum absolute atomic E-state index is 12.9. The number of H-pyrrole nitrogens is 1. The maximum Gasteiger partial charge on any atom is 0.271 e. The second-order valence-corrected chi connectivity index (χ2v) is 6.83. The summed E-state index contributed by atoms with van der Waals surface area (Å²) in [4.78, 5) is 31.4. The highest BCUT2D eigenvalue weighted by Gasteiger charge is 2.29. The van der Waals surface area contributed by atoms with E-state index in [9.17, 15) is 9.59 Å². The number of carbonyl (C=O) groups is 2. The Morgan fingerprint density at radius 1 is 1.07 bits per heavy atom. The second kappa shape index (κ2) is 8.04. The Morgan fingerprint density at radius 2 is 1.89 bits per heavy atom. The van der Waals surface area contributed by atoms with Gasteiger partial charge in [-0.3, -0.25) is 19.7 Å². The van der Waals surface area contributed by atoms with E-state index in [2.05, 4.69) is 20.5 Å². The molecule has 0 aliphatic carbocycles. The molecule has 1 fully saturated rings. The zero-order valence-electron chi connectivity index (χ0n) is 15.3. The van der Waals surface area contributed by atoms with Crippen LogP contribution in [-0.2, 0) is 4.79 Å². The molecule has 3 aromatic rings. The molecule has 3 heterocycles. The van der Waals surface area contributed by atoms with Gasteiger partial charge in [0.15, 0.2) is 0 Å². The highest BCUT2D eigenvalue weighted by Crippen LogP contribution is 2.21. The van der Waals surface area contributed by atoms with Crippen molar-refractivity contribution in [1.29, 1.82) is 0 Å². The molecule has 0 spiro atoms. The number of nitrogens with zero attached hydrogens (tertiary/aromatic N) is 3. The third-order valence-electron chi connectivity index (χ3n) is 4.86. The third-order valence-corrected chi connectivity index (χ3v) is 4.86. The summed E-state index contributed by atoms with van der Waals surface area (Å²) in [5, 5.41) is 9.93. The van der Waals surface area contributed by atoms with Gasteiger partial charge in [-0.25, -0.2) is 0 Å². The van der Waals surface area contributed by atoms with Crippen LogP contribution < -0.4 is 5.32 Å². The van der Waals surface area contributed by atoms with E-state index in [0.29, 0.717) is 30.2 Å². The zero-order chi connectivity index (χ0) is 19.3. The molecular formula is C21H21N5O2. The van der Waals surface area contributed by atoms with Gasteiger partial charge in [0, 0.05) is 25.0 Å². The summed E-state index contributed by atoms with van der Waals surface area (Å²) in [5.74, 6) is -0.425. The van der Waals surface area contributed by atoms with Crippen LogP contribution in [0.15, 0.2) is 60.8 Å². The molecule has 0 bridgehead atoms. The summed E-state index contributed by atoms with van der Waals surface area (Å²) in [6.07, 6.45) is 3.25. The molecule has 2 aromatic heterocycles. The van der Waals surface area contributed by atoms with E-state index in [1.54, 1.807) is 17.2 Å². The number of anilines is 1. The van der Waals surface area contributed by atoms with Crippen LogP contribution in [0.4, 0.5) is 5.69 Å². The van der Waals surface area contributed by atoms with E-state index in [1.165, 1.54) is 0 Å². The van der Waals surface area contributed by atoms with Crippen molar-refractivity contribution in [2.45, 2.75) is 12.8 Å². The lowest BCUT2D eigenvalue weighted by Crippen LogP contribution is -2.43. The van der Waals surface area contributed by atoms with Gasteiger partial charge >= 0.3 is 0 Å². The predicted octanol–water partition coefficient (Wildman–Crippen LogP) is 2.96. The van der Waals surface area contributed by atoms with Crippen molar-refractivity contribution in [3.8, 4) is 11.4 Å². The molecule has 1 atom stereocenters. The fourth-order valence-electron chi connectivity index (χ4n) is 3.39. The normalized spacial score (nSPS) is 16.6. The second-order valence-electron chi connectivity index (χ2n) is 6.83. The van der Waals surface area contributed by atoms with Crippen LogP contribution in [0.25, 0.3) is 11.4 Å². The minimum absolute atomic E-state index is 0.0533. The monoisotopic (exact) mass is 375 g/mol. The van der Waals surface area contributed by atoms with Crippen LogP contribution in [0.3, 0.4) is 0 Å². The first-order chi connectivity index (χ1) is 13.7. The molecule has 2 N–H and O–H groups in total. The fraction of sp³-hybridized carbons (Fsp3) is 0.238. The maximum atomic E-state index is 12.9. The first-order valence-electron chi connectivity index (χ1n) is 9.33. The van der Waals surface area contributed by atoms with E-state index in [-0.39, 0.29) is 17.7 Å². The first-order valence-corrected chi connectivity index (χ1v) is 9.33. The number of para-hydroxylation sites is 1. The molecule has 28 heavy (non-hydrogen) atoms. The number of hydrogen-bond donors (Lipinski definition) is 2. The molecule has 7 heteroatoms. The number of rotatable bonds is 4. The molecule has 0 radical (unpaired) electrons. The van der Waals surface area contributed by atoms with Gasteiger partial charge in [0.05, 0.1) is 11.6 Å². The van der Waals surface area contributed by atoms with E-state index < -0.39 is 0 Å². The van der Waals surface area contributed by atoms with Crippen LogP contribution in [0, 0.1) is 5.92 Å². The first kappa shape index (κ1) is 17.9. The van der Waals surface area contributed by atoms with Gasteiger partial charge in [0.25, 0.3) is 5.91 Å². The topological polar surface area (TPSA) is 91.0 Å². The number of benzene rings is 1. The van der Waals surface area contributed by atoms with Gasteiger partial charge in [0.2, 0.25) is 5.91 Å². The lowest BCUT2D eigenvalue weighted by atomic mass is 9.96. The van der Waals surface area contributed by atoms with Crippen molar-refractivity contribution < 1.29 is 9.59 Å². The minimum Gasteiger partial charge on any atom is -0.337 e. The fourth-order valence-corrected chi connectivity index (χ4v) is 3.39. The van der Waals surface area contributed by atoms with Crippen LogP contribution in [0.5, 0.6) is 0 Å². The molecule has 1 saturated heterocycles. The molecule has 1 aliphatic rings. The van der Waals surface area contributed by atoms with Gasteiger partial charge in [-0.1, -0.05) is 24.3 Å². The Kier molecular flexibility index (Phi) is 5.14. The van der Waals surface area contributed by atoms with Crippen molar-refractivity contribution >= 4 is 17.5 Å². The molecule has 1 unspecified atom stereocenters. The lowest BCUT2D eigenvalue weighted by molar-refractivity contribution is -0.121. The van der Waals surface area contributed by atoms with Crippen molar-refractivity contribution in [2.75, 3.05) is 18.4 Å². The van der Waals surface area contributed by atoms with Crippen LogP contribution in [0.2, 0.25) is 0 Å². The van der Waals surface area contributed by atoms with E-state index in [4.69, 9.17) is 0 Å². The van der Waals surface area contributed by atoms with E-state index in [1.807, 2.05) is 48.5 Å². The van der Waals surface area contributed by atoms with Crippen molar-refractivity contribution in [1.82, 2.24) is 20.1 Å². The van der Waals surface area contributed by atoms with Crippen molar-refractivity contribution in [2.24, 2.45) is 5.92 Å². The summed E-state index contributed by atoms with van der Waals surface area (Å²) < 4.78 is 0. The number of aromatic amines is 1. The quantitative estimate of drug-likeness (QED) is 0.733. The Morgan fingerprint density at radius 3 is 2.68 bits per heavy atom. The van der Waals surface area contributed by atoms with Crippen LogP contribution >= 0.6 is 0 Å². The summed E-state index contributed by atoms with van der Waals surface area (Å²) in [6, 6.07) is 16.6. The van der Waals surface area contributed by atoms with Crippen molar-refractivity contribution in [3.63, 3.8) is 0 Å². The van der Waals surface area contributed by atoms with E-state index in [0.717, 1.165) is 18.5 Å². The average molecular weight is 375 g/mol. The third kappa shape index (κ3) is 3.93. The molecule has 4 rings (SSSR count). The summed E-state index contributed by atoms with van der Waals surface area (Å²) in [6.45, 7) is 1.03. The number of aromatic nitrogens is 3. The summed E-state index contributed by atoms with van der Waals surface area (Å²) in [5.41, 5.74) is 2.50. The Hall–Kier alpha value is -3.48. The van der Waals surface area contributed by atoms with Gasteiger partial charge in [-0.15, -0.1) is 0 Å². The van der Waals surface area contributed by atoms with Gasteiger partial charge < -0.3 is 10.2 Å². The summed E-state index contributed by atoms with van der Waals surface area (Å²) >= 11 is 0. The van der Waals surface area contributed by atoms with Gasteiger partial charge in [-0.05, 0) is 43.2 Å². The molecule has 1 aromatic carbocycles. The Bertz CT molecular complexity index is 955. The lowest BCUT2D eigenvalue weighted by Gasteiger charge is -2.31. The molecule has 1 aliphatic heterocycles. The number of carbonyl (C=O) groups excluding carboxylic acids is 2. The highest BCUT2D eigenvalue weighted by atomic mass is 16.2. The summed E-state index contributed by atoms with van der Waals surface area (Å²) in [7, 11) is 0. The van der Waals surface area contributed by atoms with Crippen LogP contribution in [-0.4, -0.2) is 45.0 Å². The number of amides is 2. The molecule has 2 amide bonds. The van der Waals surface area contributed by atoms with Gasteiger partial charge in [-0.2, -0.15) is 5.10 Å². The molecule has 142 valence electrons. The Balaban J connectivity index is 1.42. The number of hydrogen-bond acceptors (Lipinski definition) is 4. The number of piperidine rings is 1. The number of pyridine rings is 1. The van der Waals surface area contributed by atoms with Crippen molar-refractivity contribution in [3.05, 3.63) is 66.5 Å². The number of likely N-dealkylation sites (tertiary alicyclic amines) is 1. The SMILES string of the molecule is O=C(Nc1ccccc1)C1CCCN(C(=O)c2cc(-c3ccccn3)n[nH]2)C1. The van der Waals surface area contributed by atoms with Crippen LogP contribution in [0.1, 0.15) is 23.3 Å². The van der Waals surface area contributed by atoms with Gasteiger partial charge in [0.1, 0.15) is 11.4 Å². The molecule has 7 nitrogen and oxygen atoms in total.